The van der Waals surface area contributed by atoms with Crippen molar-refractivity contribution in [3.8, 4) is 0 Å². The normalized spacial score (nSPS) is 10.1. The van der Waals surface area contributed by atoms with E-state index in [4.69, 9.17) is 0 Å². The largest absolute Gasteiger partial charge is 0.465 e. The molecule has 3 nitrogen and oxygen atoms in total. The van der Waals surface area contributed by atoms with Crippen LogP contribution in [-0.2, 0) is 11.2 Å². The minimum atomic E-state index is -0.549. The lowest BCUT2D eigenvalue weighted by Gasteiger charge is -2.11. The van der Waals surface area contributed by atoms with Gasteiger partial charge in [0.1, 0.15) is 5.82 Å². The monoisotopic (exact) mass is 273 g/mol. The molecule has 0 heterocycles. The number of carbonyl (C=O) groups is 1. The molecule has 0 aliphatic rings. The van der Waals surface area contributed by atoms with E-state index in [1.54, 1.807) is 6.07 Å². The number of carbonyl (C=O) groups excluding carboxylic acids is 1. The van der Waals surface area contributed by atoms with Crippen LogP contribution >= 0.6 is 0 Å². The summed E-state index contributed by atoms with van der Waals surface area (Å²) in [5.74, 6) is -1.01. The number of nitrogens with one attached hydrogen (secondary N) is 1. The molecule has 104 valence electrons. The first-order valence-electron chi connectivity index (χ1n) is 6.36. The van der Waals surface area contributed by atoms with Crippen molar-refractivity contribution < 1.29 is 13.9 Å². The van der Waals surface area contributed by atoms with Crippen LogP contribution in [0.25, 0.3) is 0 Å². The van der Waals surface area contributed by atoms with E-state index < -0.39 is 11.8 Å². The second-order valence-corrected chi connectivity index (χ2v) is 4.34. The highest BCUT2D eigenvalue weighted by molar-refractivity contribution is 5.95. The quantitative estimate of drug-likeness (QED) is 0.850. The molecule has 20 heavy (non-hydrogen) atoms. The highest BCUT2D eigenvalue weighted by atomic mass is 19.1. The molecule has 0 fully saturated rings. The molecule has 0 saturated carbocycles. The Balaban J connectivity index is 2.04. The van der Waals surface area contributed by atoms with Crippen LogP contribution in [0.2, 0.25) is 0 Å². The van der Waals surface area contributed by atoms with E-state index in [9.17, 15) is 9.18 Å². The molecule has 0 saturated heterocycles. The molecule has 2 aromatic rings. The number of rotatable bonds is 5. The predicted molar refractivity (Wildman–Crippen MR) is 76.4 cm³/mol. The number of hydrogen-bond acceptors (Lipinski definition) is 3. The minimum absolute atomic E-state index is 0.209. The summed E-state index contributed by atoms with van der Waals surface area (Å²) in [7, 11) is 1.28. The summed E-state index contributed by atoms with van der Waals surface area (Å²) >= 11 is 0. The molecule has 0 aliphatic carbocycles. The topological polar surface area (TPSA) is 38.3 Å². The molecule has 0 unspecified atom stereocenters. The van der Waals surface area contributed by atoms with Gasteiger partial charge in [0.25, 0.3) is 0 Å². The van der Waals surface area contributed by atoms with Crippen LogP contribution < -0.4 is 5.32 Å². The van der Waals surface area contributed by atoms with Crippen molar-refractivity contribution in [1.29, 1.82) is 0 Å². The van der Waals surface area contributed by atoms with Crippen LogP contribution in [0.1, 0.15) is 15.9 Å². The van der Waals surface area contributed by atoms with Crippen molar-refractivity contribution in [1.82, 2.24) is 0 Å². The Labute approximate surface area is 117 Å². The third-order valence-electron chi connectivity index (χ3n) is 2.96. The molecule has 2 rings (SSSR count). The SMILES string of the molecule is COC(=O)c1cc(F)ccc1NCCc1ccccc1. The van der Waals surface area contributed by atoms with Gasteiger partial charge in [-0.3, -0.25) is 0 Å². The number of halogens is 1. The zero-order valence-corrected chi connectivity index (χ0v) is 11.2. The minimum Gasteiger partial charge on any atom is -0.465 e. The van der Waals surface area contributed by atoms with E-state index in [2.05, 4.69) is 10.1 Å². The lowest BCUT2D eigenvalue weighted by molar-refractivity contribution is 0.0601. The number of methoxy groups -OCH3 is 1. The summed E-state index contributed by atoms with van der Waals surface area (Å²) in [6.45, 7) is 0.652. The van der Waals surface area contributed by atoms with Gasteiger partial charge in [0.2, 0.25) is 0 Å². The molecule has 0 aliphatic heterocycles. The summed E-state index contributed by atoms with van der Waals surface area (Å²) in [6, 6.07) is 14.0. The zero-order chi connectivity index (χ0) is 14.4. The third-order valence-corrected chi connectivity index (χ3v) is 2.96. The van der Waals surface area contributed by atoms with E-state index in [1.807, 2.05) is 30.3 Å². The summed E-state index contributed by atoms with van der Waals surface area (Å²) in [4.78, 5) is 11.6. The van der Waals surface area contributed by atoms with Gasteiger partial charge in [0, 0.05) is 12.2 Å². The molecule has 0 radical (unpaired) electrons. The van der Waals surface area contributed by atoms with Crippen molar-refractivity contribution in [2.45, 2.75) is 6.42 Å². The van der Waals surface area contributed by atoms with Gasteiger partial charge in [0.15, 0.2) is 0 Å². The average molecular weight is 273 g/mol. The zero-order valence-electron chi connectivity index (χ0n) is 11.2. The summed E-state index contributed by atoms with van der Waals surface area (Å²) in [5, 5.41) is 3.14. The molecule has 0 aromatic heterocycles. The van der Waals surface area contributed by atoms with Gasteiger partial charge in [-0.15, -0.1) is 0 Å². The highest BCUT2D eigenvalue weighted by Crippen LogP contribution is 2.18. The van der Waals surface area contributed by atoms with Crippen LogP contribution in [0.15, 0.2) is 48.5 Å². The molecule has 1 N–H and O–H groups in total. The molecule has 2 aromatic carbocycles. The van der Waals surface area contributed by atoms with Crippen LogP contribution in [0.4, 0.5) is 10.1 Å². The van der Waals surface area contributed by atoms with E-state index in [-0.39, 0.29) is 5.56 Å². The van der Waals surface area contributed by atoms with Crippen molar-refractivity contribution >= 4 is 11.7 Å². The molecular weight excluding hydrogens is 257 g/mol. The molecule has 4 heteroatoms. The van der Waals surface area contributed by atoms with E-state index in [0.29, 0.717) is 12.2 Å². The molecular formula is C16H16FNO2. The molecule has 0 bridgehead atoms. The Morgan fingerprint density at radius 1 is 1.20 bits per heavy atom. The highest BCUT2D eigenvalue weighted by Gasteiger charge is 2.12. The summed E-state index contributed by atoms with van der Waals surface area (Å²) < 4.78 is 17.8. The van der Waals surface area contributed by atoms with Gasteiger partial charge in [-0.25, -0.2) is 9.18 Å². The Morgan fingerprint density at radius 2 is 1.95 bits per heavy atom. The van der Waals surface area contributed by atoms with Gasteiger partial charge >= 0.3 is 5.97 Å². The maximum Gasteiger partial charge on any atom is 0.340 e. The number of ether oxygens (including phenoxy) is 1. The van der Waals surface area contributed by atoms with E-state index >= 15 is 0 Å². The molecule has 0 spiro atoms. The van der Waals surface area contributed by atoms with Crippen LogP contribution in [0, 0.1) is 5.82 Å². The van der Waals surface area contributed by atoms with Crippen LogP contribution in [-0.4, -0.2) is 19.6 Å². The van der Waals surface area contributed by atoms with Gasteiger partial charge in [-0.1, -0.05) is 30.3 Å². The smallest absolute Gasteiger partial charge is 0.340 e. The van der Waals surface area contributed by atoms with E-state index in [1.165, 1.54) is 24.8 Å². The number of anilines is 1. The first kappa shape index (κ1) is 14.1. The lowest BCUT2D eigenvalue weighted by atomic mass is 10.1. The third kappa shape index (κ3) is 3.57. The number of esters is 1. The number of benzene rings is 2. The second kappa shape index (κ2) is 6.70. The Hall–Kier alpha value is -2.36. The second-order valence-electron chi connectivity index (χ2n) is 4.34. The van der Waals surface area contributed by atoms with Crippen LogP contribution in [0.5, 0.6) is 0 Å². The van der Waals surface area contributed by atoms with Crippen molar-refractivity contribution in [3.63, 3.8) is 0 Å². The molecule has 0 atom stereocenters. The Bertz CT molecular complexity index is 584. The average Bonchev–Trinajstić information content (AvgIpc) is 2.49. The fourth-order valence-corrected chi connectivity index (χ4v) is 1.94. The van der Waals surface area contributed by atoms with Crippen molar-refractivity contribution in [3.05, 3.63) is 65.5 Å². The van der Waals surface area contributed by atoms with Gasteiger partial charge < -0.3 is 10.1 Å². The van der Waals surface area contributed by atoms with Crippen molar-refractivity contribution in [2.75, 3.05) is 19.0 Å². The van der Waals surface area contributed by atoms with E-state index in [0.717, 1.165) is 6.42 Å². The first-order chi connectivity index (χ1) is 9.70. The summed E-state index contributed by atoms with van der Waals surface area (Å²) in [5.41, 5.74) is 1.98. The Morgan fingerprint density at radius 3 is 2.65 bits per heavy atom. The predicted octanol–water partition coefficient (Wildman–Crippen LogP) is 3.27. The lowest BCUT2D eigenvalue weighted by Crippen LogP contribution is -2.11. The standard InChI is InChI=1S/C16H16FNO2/c1-20-16(19)14-11-13(17)7-8-15(14)18-10-9-12-5-3-2-4-6-12/h2-8,11,18H,9-10H2,1H3. The maximum absolute atomic E-state index is 13.2. The molecule has 0 amide bonds. The maximum atomic E-state index is 13.2. The Kier molecular flexibility index (Phi) is 4.71. The summed E-state index contributed by atoms with van der Waals surface area (Å²) in [6.07, 6.45) is 0.818. The van der Waals surface area contributed by atoms with Gasteiger partial charge in [-0.2, -0.15) is 0 Å². The fraction of sp³-hybridized carbons (Fsp3) is 0.188. The fourth-order valence-electron chi connectivity index (χ4n) is 1.94. The van der Waals surface area contributed by atoms with Crippen LogP contribution in [0.3, 0.4) is 0 Å². The van der Waals surface area contributed by atoms with Gasteiger partial charge in [-0.05, 0) is 30.2 Å². The first-order valence-corrected chi connectivity index (χ1v) is 6.36. The van der Waals surface area contributed by atoms with Crippen molar-refractivity contribution in [2.24, 2.45) is 0 Å². The number of hydrogen-bond donors (Lipinski definition) is 1. The van der Waals surface area contributed by atoms with Gasteiger partial charge in [0.05, 0.1) is 12.7 Å².